The van der Waals surface area contributed by atoms with Crippen LogP contribution < -0.4 is 10.2 Å². The molecule has 0 saturated heterocycles. The number of nitrogens with zero attached hydrogens (tertiary/aromatic N) is 1. The second kappa shape index (κ2) is 6.04. The van der Waals surface area contributed by atoms with Crippen molar-refractivity contribution in [3.63, 3.8) is 0 Å². The van der Waals surface area contributed by atoms with Gasteiger partial charge in [0.25, 0.3) is 0 Å². The van der Waals surface area contributed by atoms with E-state index >= 15 is 0 Å². The first kappa shape index (κ1) is 14.5. The van der Waals surface area contributed by atoms with Crippen molar-refractivity contribution in [2.24, 2.45) is 11.8 Å². The molecular formula is C16H25ClN2. The number of hydrogen-bond donors (Lipinski definition) is 1. The fraction of sp³-hybridized carbons (Fsp3) is 0.625. The Labute approximate surface area is 122 Å². The van der Waals surface area contributed by atoms with Crippen molar-refractivity contribution >= 4 is 23.0 Å². The first-order chi connectivity index (χ1) is 8.99. The summed E-state index contributed by atoms with van der Waals surface area (Å²) in [5.74, 6) is 1.51. The fourth-order valence-corrected chi connectivity index (χ4v) is 3.17. The minimum atomic E-state index is 0.556. The third-order valence-electron chi connectivity index (χ3n) is 4.49. The van der Waals surface area contributed by atoms with Crippen LogP contribution in [0.4, 0.5) is 11.4 Å². The largest absolute Gasteiger partial charge is 0.380 e. The van der Waals surface area contributed by atoms with Crippen molar-refractivity contribution in [1.82, 2.24) is 0 Å². The van der Waals surface area contributed by atoms with Crippen LogP contribution in [0.3, 0.4) is 0 Å². The number of nitrogens with one attached hydrogen (secondary N) is 1. The monoisotopic (exact) mass is 280 g/mol. The molecule has 0 aliphatic heterocycles. The van der Waals surface area contributed by atoms with Crippen molar-refractivity contribution in [2.45, 2.75) is 39.2 Å². The van der Waals surface area contributed by atoms with Crippen LogP contribution in [-0.4, -0.2) is 20.1 Å². The van der Waals surface area contributed by atoms with Crippen LogP contribution in [-0.2, 0) is 0 Å². The van der Waals surface area contributed by atoms with Gasteiger partial charge in [0.2, 0.25) is 0 Å². The third kappa shape index (κ3) is 3.36. The third-order valence-corrected chi connectivity index (χ3v) is 4.72. The van der Waals surface area contributed by atoms with E-state index in [1.807, 2.05) is 12.1 Å². The summed E-state index contributed by atoms with van der Waals surface area (Å²) in [7, 11) is 4.14. The van der Waals surface area contributed by atoms with Gasteiger partial charge in [0.1, 0.15) is 0 Å². The average Bonchev–Trinajstić information content (AvgIpc) is 2.35. The molecule has 0 amide bonds. The summed E-state index contributed by atoms with van der Waals surface area (Å²) in [4.78, 5) is 2.13. The van der Waals surface area contributed by atoms with Crippen LogP contribution in [0, 0.1) is 11.8 Å². The molecule has 1 N–H and O–H groups in total. The number of benzene rings is 1. The molecule has 2 rings (SSSR count). The van der Waals surface area contributed by atoms with Crippen molar-refractivity contribution in [3.05, 3.63) is 23.2 Å². The molecule has 0 aromatic heterocycles. The summed E-state index contributed by atoms with van der Waals surface area (Å²) in [6.07, 6.45) is 3.93. The summed E-state index contributed by atoms with van der Waals surface area (Å²) in [6.45, 7) is 4.73. The zero-order valence-electron chi connectivity index (χ0n) is 12.4. The van der Waals surface area contributed by atoms with Gasteiger partial charge in [-0.3, -0.25) is 0 Å². The predicted molar refractivity (Wildman–Crippen MR) is 85.4 cm³/mol. The Hall–Kier alpha value is -0.890. The molecule has 19 heavy (non-hydrogen) atoms. The Morgan fingerprint density at radius 3 is 2.63 bits per heavy atom. The molecule has 3 unspecified atom stereocenters. The molecular weight excluding hydrogens is 256 g/mol. The van der Waals surface area contributed by atoms with Crippen LogP contribution in [0.1, 0.15) is 33.1 Å². The van der Waals surface area contributed by atoms with Gasteiger partial charge >= 0.3 is 0 Å². The predicted octanol–water partition coefficient (Wildman–Crippen LogP) is 4.64. The van der Waals surface area contributed by atoms with Gasteiger partial charge in [-0.25, -0.2) is 0 Å². The smallest absolute Gasteiger partial charge is 0.0597 e. The van der Waals surface area contributed by atoms with Gasteiger partial charge in [0.15, 0.2) is 0 Å². The molecule has 3 heteroatoms. The van der Waals surface area contributed by atoms with E-state index in [1.54, 1.807) is 0 Å². The van der Waals surface area contributed by atoms with Gasteiger partial charge in [-0.05, 0) is 36.5 Å². The zero-order chi connectivity index (χ0) is 14.0. The van der Waals surface area contributed by atoms with E-state index < -0.39 is 0 Å². The lowest BCUT2D eigenvalue weighted by atomic mass is 9.78. The second-order valence-corrected chi connectivity index (χ2v) is 6.51. The maximum absolute atomic E-state index is 6.15. The highest BCUT2D eigenvalue weighted by molar-refractivity contribution is 6.31. The second-order valence-electron chi connectivity index (χ2n) is 6.07. The molecule has 1 aromatic rings. The zero-order valence-corrected chi connectivity index (χ0v) is 13.2. The number of anilines is 2. The SMILES string of the molecule is CC1CCCC(Nc2cc(Cl)ccc2N(C)C)C1C. The summed E-state index contributed by atoms with van der Waals surface area (Å²) in [5.41, 5.74) is 2.36. The highest BCUT2D eigenvalue weighted by Crippen LogP contribution is 2.35. The van der Waals surface area contributed by atoms with Gasteiger partial charge < -0.3 is 10.2 Å². The van der Waals surface area contributed by atoms with E-state index in [9.17, 15) is 0 Å². The van der Waals surface area contributed by atoms with E-state index in [0.717, 1.165) is 16.6 Å². The Kier molecular flexibility index (Phi) is 4.62. The molecule has 1 fully saturated rings. The van der Waals surface area contributed by atoms with Crippen LogP contribution >= 0.6 is 11.6 Å². The number of hydrogen-bond acceptors (Lipinski definition) is 2. The lowest BCUT2D eigenvalue weighted by molar-refractivity contribution is 0.253. The fourth-order valence-electron chi connectivity index (χ4n) is 3.00. The molecule has 106 valence electrons. The topological polar surface area (TPSA) is 15.3 Å². The molecule has 1 aromatic carbocycles. The maximum Gasteiger partial charge on any atom is 0.0597 e. The minimum absolute atomic E-state index is 0.556. The number of rotatable bonds is 3. The lowest BCUT2D eigenvalue weighted by Crippen LogP contribution is -2.35. The average molecular weight is 281 g/mol. The molecule has 1 aliphatic rings. The summed E-state index contributed by atoms with van der Waals surface area (Å²) >= 11 is 6.15. The first-order valence-corrected chi connectivity index (χ1v) is 7.60. The first-order valence-electron chi connectivity index (χ1n) is 7.22. The van der Waals surface area contributed by atoms with Gasteiger partial charge in [-0.1, -0.05) is 38.3 Å². The van der Waals surface area contributed by atoms with E-state index in [2.05, 4.69) is 44.2 Å². The summed E-state index contributed by atoms with van der Waals surface area (Å²) < 4.78 is 0. The molecule has 3 atom stereocenters. The summed E-state index contributed by atoms with van der Waals surface area (Å²) in [6, 6.07) is 6.64. The van der Waals surface area contributed by atoms with Crippen molar-refractivity contribution < 1.29 is 0 Å². The molecule has 1 saturated carbocycles. The van der Waals surface area contributed by atoms with Crippen molar-refractivity contribution in [2.75, 3.05) is 24.3 Å². The molecule has 0 bridgehead atoms. The highest BCUT2D eigenvalue weighted by Gasteiger charge is 2.27. The molecule has 0 heterocycles. The quantitative estimate of drug-likeness (QED) is 0.867. The van der Waals surface area contributed by atoms with Crippen molar-refractivity contribution in [3.8, 4) is 0 Å². The Morgan fingerprint density at radius 2 is 1.95 bits per heavy atom. The van der Waals surface area contributed by atoms with Gasteiger partial charge in [-0.2, -0.15) is 0 Å². The lowest BCUT2D eigenvalue weighted by Gasteiger charge is -2.36. The van der Waals surface area contributed by atoms with E-state index in [0.29, 0.717) is 12.0 Å². The molecule has 0 spiro atoms. The minimum Gasteiger partial charge on any atom is -0.380 e. The van der Waals surface area contributed by atoms with Crippen LogP contribution in [0.5, 0.6) is 0 Å². The highest BCUT2D eigenvalue weighted by atomic mass is 35.5. The van der Waals surface area contributed by atoms with Crippen LogP contribution in [0.15, 0.2) is 18.2 Å². The number of halogens is 1. The Balaban J connectivity index is 2.20. The van der Waals surface area contributed by atoms with Crippen molar-refractivity contribution in [1.29, 1.82) is 0 Å². The standard InChI is InChI=1S/C16H25ClN2/c1-11-6-5-7-14(12(11)2)18-15-10-13(17)8-9-16(15)19(3)4/h8-12,14,18H,5-7H2,1-4H3. The molecule has 2 nitrogen and oxygen atoms in total. The van der Waals surface area contributed by atoms with Crippen LogP contribution in [0.25, 0.3) is 0 Å². The maximum atomic E-state index is 6.15. The van der Waals surface area contributed by atoms with Crippen LogP contribution in [0.2, 0.25) is 5.02 Å². The van der Waals surface area contributed by atoms with Gasteiger partial charge in [-0.15, -0.1) is 0 Å². The van der Waals surface area contributed by atoms with E-state index in [4.69, 9.17) is 11.6 Å². The molecule has 1 aliphatic carbocycles. The molecule has 0 radical (unpaired) electrons. The van der Waals surface area contributed by atoms with Gasteiger partial charge in [0.05, 0.1) is 11.4 Å². The normalized spacial score (nSPS) is 27.1. The Morgan fingerprint density at radius 1 is 1.21 bits per heavy atom. The van der Waals surface area contributed by atoms with E-state index in [1.165, 1.54) is 24.9 Å². The van der Waals surface area contributed by atoms with Gasteiger partial charge in [0, 0.05) is 25.2 Å². The van der Waals surface area contributed by atoms with E-state index in [-0.39, 0.29) is 0 Å². The Bertz CT molecular complexity index is 431. The summed E-state index contributed by atoms with van der Waals surface area (Å²) in [5, 5.41) is 4.52.